The van der Waals surface area contributed by atoms with Crippen LogP contribution in [0.5, 0.6) is 0 Å². The number of aliphatic hydroxyl groups is 4. The summed E-state index contributed by atoms with van der Waals surface area (Å²) in [5.41, 5.74) is 0.201. The van der Waals surface area contributed by atoms with Crippen molar-refractivity contribution in [2.75, 3.05) is 27.4 Å². The van der Waals surface area contributed by atoms with Crippen molar-refractivity contribution in [3.8, 4) is 0 Å². The number of aliphatic hydroxyl groups excluding tert-OH is 4. The van der Waals surface area contributed by atoms with E-state index in [4.69, 9.17) is 33.2 Å². The molecular formula is C27H40O13. The van der Waals surface area contributed by atoms with Crippen LogP contribution in [0.3, 0.4) is 0 Å². The van der Waals surface area contributed by atoms with E-state index in [1.165, 1.54) is 26.6 Å². The van der Waals surface area contributed by atoms with E-state index in [0.717, 1.165) is 0 Å². The molecule has 2 saturated heterocycles. The fourth-order valence-electron chi connectivity index (χ4n) is 6.14. The van der Waals surface area contributed by atoms with Crippen LogP contribution >= 0.6 is 0 Å². The summed E-state index contributed by atoms with van der Waals surface area (Å²) in [6.45, 7) is 5.55. The van der Waals surface area contributed by atoms with Gasteiger partial charge in [-0.2, -0.15) is 0 Å². The van der Waals surface area contributed by atoms with Gasteiger partial charge in [0.1, 0.15) is 30.5 Å². The van der Waals surface area contributed by atoms with E-state index in [9.17, 15) is 30.0 Å². The summed E-state index contributed by atoms with van der Waals surface area (Å²) in [6.07, 6.45) is -5.91. The zero-order chi connectivity index (χ0) is 29.1. The van der Waals surface area contributed by atoms with Gasteiger partial charge in [0.15, 0.2) is 12.6 Å². The third-order valence-corrected chi connectivity index (χ3v) is 8.63. The molecule has 0 bridgehead atoms. The summed E-state index contributed by atoms with van der Waals surface area (Å²) in [7, 11) is 2.93. The second kappa shape index (κ2) is 13.3. The van der Waals surface area contributed by atoms with Crippen LogP contribution in [-0.2, 0) is 42.7 Å². The minimum Gasteiger partial charge on any atom is -0.471 e. The van der Waals surface area contributed by atoms with Crippen molar-refractivity contribution in [1.29, 1.82) is 0 Å². The lowest BCUT2D eigenvalue weighted by Crippen LogP contribution is -2.60. The molecule has 13 heteroatoms. The first-order chi connectivity index (χ1) is 19.1. The smallest absolute Gasteiger partial charge is 0.337 e. The Bertz CT molecular complexity index is 933. The van der Waals surface area contributed by atoms with Crippen molar-refractivity contribution < 1.29 is 63.2 Å². The average molecular weight is 573 g/mol. The maximum atomic E-state index is 13.5. The molecule has 40 heavy (non-hydrogen) atoms. The Balaban J connectivity index is 1.53. The monoisotopic (exact) mass is 572 g/mol. The number of hydrogen-bond acceptors (Lipinski definition) is 13. The van der Waals surface area contributed by atoms with Gasteiger partial charge in [-0.1, -0.05) is 13.0 Å². The third-order valence-electron chi connectivity index (χ3n) is 8.63. The SMILES string of the molecule is C=C[C@H]1[C@H](O[C@@H]2O[C@H](CO)[C@@H](O)[C@H](O)[C@H]2O)OC=C(C(=O)O[C@H]2C[C@@H]3CC(=O)OC[C@@H]3[C@H]2C)[C@H]1CC(OC)OC. The minimum absolute atomic E-state index is 0.00576. The predicted octanol–water partition coefficient (Wildman–Crippen LogP) is -0.399. The average Bonchev–Trinajstić information content (AvgIpc) is 3.25. The van der Waals surface area contributed by atoms with Gasteiger partial charge in [-0.25, -0.2) is 4.79 Å². The van der Waals surface area contributed by atoms with Crippen molar-refractivity contribution in [3.63, 3.8) is 0 Å². The Kier molecular flexibility index (Phi) is 10.2. The van der Waals surface area contributed by atoms with Gasteiger partial charge in [0.2, 0.25) is 6.29 Å². The van der Waals surface area contributed by atoms with Gasteiger partial charge in [0, 0.05) is 44.8 Å². The number of carbonyl (C=O) groups is 2. The minimum atomic E-state index is -1.64. The molecular weight excluding hydrogens is 532 g/mol. The number of carbonyl (C=O) groups excluding carboxylic acids is 2. The first kappa shape index (κ1) is 30.8. The van der Waals surface area contributed by atoms with E-state index in [2.05, 4.69) is 6.58 Å². The van der Waals surface area contributed by atoms with E-state index >= 15 is 0 Å². The number of rotatable bonds is 10. The molecule has 0 spiro atoms. The maximum Gasteiger partial charge on any atom is 0.337 e. The van der Waals surface area contributed by atoms with Crippen LogP contribution in [0.25, 0.3) is 0 Å². The largest absolute Gasteiger partial charge is 0.471 e. The summed E-state index contributed by atoms with van der Waals surface area (Å²) < 4.78 is 39.1. The fraction of sp³-hybridized carbons (Fsp3) is 0.778. The molecule has 13 nitrogen and oxygen atoms in total. The number of hydrogen-bond donors (Lipinski definition) is 4. The zero-order valence-corrected chi connectivity index (χ0v) is 22.9. The lowest BCUT2D eigenvalue weighted by molar-refractivity contribution is -0.339. The van der Waals surface area contributed by atoms with Gasteiger partial charge in [-0.15, -0.1) is 6.58 Å². The first-order valence-corrected chi connectivity index (χ1v) is 13.5. The van der Waals surface area contributed by atoms with Crippen LogP contribution in [0.4, 0.5) is 0 Å². The van der Waals surface area contributed by atoms with Crippen molar-refractivity contribution in [2.45, 2.75) is 75.6 Å². The third kappa shape index (κ3) is 6.21. The molecule has 1 aliphatic carbocycles. The van der Waals surface area contributed by atoms with Crippen molar-refractivity contribution in [2.24, 2.45) is 29.6 Å². The van der Waals surface area contributed by atoms with Gasteiger partial charge < -0.3 is 53.6 Å². The Morgan fingerprint density at radius 2 is 1.90 bits per heavy atom. The first-order valence-electron chi connectivity index (χ1n) is 13.5. The van der Waals surface area contributed by atoms with Gasteiger partial charge in [-0.05, 0) is 18.3 Å². The molecule has 0 aromatic rings. The number of methoxy groups -OCH3 is 2. The molecule has 0 amide bonds. The quantitative estimate of drug-likeness (QED) is 0.151. The molecule has 4 N–H and O–H groups in total. The standard InChI is InChI=1S/C27H40O13/c1-5-14-15(8-21(34-3)35-4)17(25(33)38-18-6-13-7-20(29)36-10-16(13)12(18)2)11-37-26(14)40-27-24(32)23(31)22(30)19(9-28)39-27/h5,11-16,18-19,21-24,26-28,30-32H,1,6-10H2,2-4H3/t12-,13-,14-,15+,16-,18+,19-,22-,23+,24-,26+,27+/m1/s1. The molecule has 0 aromatic carbocycles. The van der Waals surface area contributed by atoms with Crippen molar-refractivity contribution >= 4 is 11.9 Å². The van der Waals surface area contributed by atoms with Crippen LogP contribution in [0.15, 0.2) is 24.5 Å². The summed E-state index contributed by atoms with van der Waals surface area (Å²) in [6, 6.07) is 0. The Morgan fingerprint density at radius 3 is 2.55 bits per heavy atom. The highest BCUT2D eigenvalue weighted by atomic mass is 16.8. The maximum absolute atomic E-state index is 13.5. The topological polar surface area (TPSA) is 180 Å². The lowest BCUT2D eigenvalue weighted by atomic mass is 9.81. The second-order valence-corrected chi connectivity index (χ2v) is 10.8. The van der Waals surface area contributed by atoms with E-state index in [1.54, 1.807) is 0 Å². The highest BCUT2D eigenvalue weighted by Gasteiger charge is 2.50. The van der Waals surface area contributed by atoms with Crippen LogP contribution in [0.1, 0.15) is 26.2 Å². The fourth-order valence-corrected chi connectivity index (χ4v) is 6.14. The van der Waals surface area contributed by atoms with Crippen LogP contribution < -0.4 is 0 Å². The molecule has 4 rings (SSSR count). The van der Waals surface area contributed by atoms with Gasteiger partial charge in [0.05, 0.1) is 25.0 Å². The van der Waals surface area contributed by atoms with E-state index in [0.29, 0.717) is 19.4 Å². The van der Waals surface area contributed by atoms with Crippen molar-refractivity contribution in [3.05, 3.63) is 24.5 Å². The van der Waals surface area contributed by atoms with Crippen LogP contribution in [-0.4, -0.2) is 109 Å². The van der Waals surface area contributed by atoms with E-state index in [-0.39, 0.29) is 35.7 Å². The molecule has 3 aliphatic heterocycles. The molecule has 4 aliphatic rings. The summed E-state index contributed by atoms with van der Waals surface area (Å²) in [5, 5.41) is 40.2. The molecule has 3 fully saturated rings. The Morgan fingerprint density at radius 1 is 1.18 bits per heavy atom. The molecule has 0 aromatic heterocycles. The van der Waals surface area contributed by atoms with Crippen LogP contribution in [0.2, 0.25) is 0 Å². The van der Waals surface area contributed by atoms with E-state index < -0.39 is 73.8 Å². The lowest BCUT2D eigenvalue weighted by Gasteiger charge is -2.43. The molecule has 0 radical (unpaired) electrons. The van der Waals surface area contributed by atoms with Gasteiger partial charge in [-0.3, -0.25) is 4.79 Å². The summed E-state index contributed by atoms with van der Waals surface area (Å²) in [5.74, 6) is -1.96. The Hall–Kier alpha value is -2.10. The second-order valence-electron chi connectivity index (χ2n) is 10.8. The number of ether oxygens (including phenoxy) is 7. The number of esters is 2. The summed E-state index contributed by atoms with van der Waals surface area (Å²) >= 11 is 0. The Labute approximate surface area is 232 Å². The van der Waals surface area contributed by atoms with Gasteiger partial charge >= 0.3 is 11.9 Å². The molecule has 0 unspecified atom stereocenters. The van der Waals surface area contributed by atoms with E-state index in [1.807, 2.05) is 6.92 Å². The highest BCUT2D eigenvalue weighted by Crippen LogP contribution is 2.44. The molecule has 1 saturated carbocycles. The molecule has 3 heterocycles. The summed E-state index contributed by atoms with van der Waals surface area (Å²) in [4.78, 5) is 25.3. The molecule has 226 valence electrons. The van der Waals surface area contributed by atoms with Gasteiger partial charge in [0.25, 0.3) is 0 Å². The normalized spacial score (nSPS) is 41.5. The highest BCUT2D eigenvalue weighted by molar-refractivity contribution is 5.89. The number of fused-ring (bicyclic) bond motifs is 1. The van der Waals surface area contributed by atoms with Crippen molar-refractivity contribution in [1.82, 2.24) is 0 Å². The van der Waals surface area contributed by atoms with Crippen LogP contribution in [0, 0.1) is 29.6 Å². The number of cyclic esters (lactones) is 1. The molecule has 12 atom stereocenters. The predicted molar refractivity (Wildman–Crippen MR) is 134 cm³/mol. The zero-order valence-electron chi connectivity index (χ0n) is 22.9.